The highest BCUT2D eigenvalue weighted by molar-refractivity contribution is 7.90. The predicted octanol–water partition coefficient (Wildman–Crippen LogP) is 0.961. The highest BCUT2D eigenvalue weighted by Gasteiger charge is 2.29. The standard InChI is InChI=1S/C14H19N3O5S/c1-15-14(18)10-4-3-7-16(9-10)12-6-5-11(17(19)20)8-13(12)23(2,21)22/h5-6,8,10H,3-4,7,9H2,1-2H3,(H,15,18). The molecule has 126 valence electrons. The van der Waals surface area contributed by atoms with Gasteiger partial charge in [0, 0.05) is 38.5 Å². The molecule has 0 radical (unpaired) electrons. The second-order valence-electron chi connectivity index (χ2n) is 5.58. The van der Waals surface area contributed by atoms with Crippen LogP contribution in [0.2, 0.25) is 0 Å². The topological polar surface area (TPSA) is 110 Å². The van der Waals surface area contributed by atoms with E-state index in [1.54, 1.807) is 7.05 Å². The lowest BCUT2D eigenvalue weighted by molar-refractivity contribution is -0.385. The van der Waals surface area contributed by atoms with Crippen molar-refractivity contribution in [1.29, 1.82) is 0 Å². The van der Waals surface area contributed by atoms with Crippen molar-refractivity contribution in [1.82, 2.24) is 5.32 Å². The lowest BCUT2D eigenvalue weighted by Gasteiger charge is -2.34. The van der Waals surface area contributed by atoms with Crippen LogP contribution in [-0.2, 0) is 14.6 Å². The van der Waals surface area contributed by atoms with E-state index < -0.39 is 14.8 Å². The molecule has 1 aliphatic heterocycles. The monoisotopic (exact) mass is 341 g/mol. The average Bonchev–Trinajstić information content (AvgIpc) is 2.52. The first-order valence-electron chi connectivity index (χ1n) is 7.19. The minimum atomic E-state index is -3.63. The molecule has 1 fully saturated rings. The van der Waals surface area contributed by atoms with Crippen LogP contribution in [0.4, 0.5) is 11.4 Å². The van der Waals surface area contributed by atoms with Crippen LogP contribution in [0.15, 0.2) is 23.1 Å². The highest BCUT2D eigenvalue weighted by Crippen LogP contribution is 2.32. The summed E-state index contributed by atoms with van der Waals surface area (Å²) in [7, 11) is -2.06. The molecule has 23 heavy (non-hydrogen) atoms. The number of rotatable bonds is 4. The molecule has 1 saturated heterocycles. The minimum Gasteiger partial charge on any atom is -0.370 e. The van der Waals surface area contributed by atoms with Crippen LogP contribution in [0, 0.1) is 16.0 Å². The number of hydrogen-bond acceptors (Lipinski definition) is 6. The highest BCUT2D eigenvalue weighted by atomic mass is 32.2. The van der Waals surface area contributed by atoms with Crippen molar-refractivity contribution in [2.24, 2.45) is 5.92 Å². The molecule has 2 rings (SSSR count). The van der Waals surface area contributed by atoms with Crippen LogP contribution in [0.3, 0.4) is 0 Å². The van der Waals surface area contributed by atoms with Gasteiger partial charge >= 0.3 is 0 Å². The Morgan fingerprint density at radius 1 is 1.43 bits per heavy atom. The molecule has 0 bridgehead atoms. The number of non-ortho nitro benzene ring substituents is 1. The largest absolute Gasteiger partial charge is 0.370 e. The van der Waals surface area contributed by atoms with Gasteiger partial charge in [0.2, 0.25) is 5.91 Å². The molecule has 1 aliphatic rings. The number of hydrogen-bond donors (Lipinski definition) is 1. The number of piperidine rings is 1. The number of benzene rings is 1. The van der Waals surface area contributed by atoms with E-state index in [0.29, 0.717) is 18.8 Å². The Balaban J connectivity index is 2.42. The fraction of sp³-hybridized carbons (Fsp3) is 0.500. The number of nitro groups is 1. The summed E-state index contributed by atoms with van der Waals surface area (Å²) in [5, 5.41) is 13.5. The molecule has 1 N–H and O–H groups in total. The van der Waals surface area contributed by atoms with Gasteiger partial charge < -0.3 is 10.2 Å². The van der Waals surface area contributed by atoms with Crippen molar-refractivity contribution in [3.8, 4) is 0 Å². The van der Waals surface area contributed by atoms with Crippen molar-refractivity contribution in [2.75, 3.05) is 31.3 Å². The molecular weight excluding hydrogens is 322 g/mol. The van der Waals surface area contributed by atoms with Gasteiger partial charge in [-0.15, -0.1) is 0 Å². The van der Waals surface area contributed by atoms with E-state index in [-0.39, 0.29) is 22.4 Å². The number of nitrogens with zero attached hydrogens (tertiary/aromatic N) is 2. The number of nitro benzene ring substituents is 1. The fourth-order valence-electron chi connectivity index (χ4n) is 2.79. The Hall–Kier alpha value is -2.16. The Labute approximate surface area is 134 Å². The van der Waals surface area contributed by atoms with Crippen molar-refractivity contribution >= 4 is 27.1 Å². The second kappa shape index (κ2) is 6.53. The molecule has 9 heteroatoms. The molecule has 1 atom stereocenters. The van der Waals surface area contributed by atoms with Crippen LogP contribution in [0.25, 0.3) is 0 Å². The van der Waals surface area contributed by atoms with Gasteiger partial charge in [-0.1, -0.05) is 0 Å². The lowest BCUT2D eigenvalue weighted by Crippen LogP contribution is -2.42. The van der Waals surface area contributed by atoms with Crippen LogP contribution in [0.5, 0.6) is 0 Å². The molecule has 0 saturated carbocycles. The zero-order chi connectivity index (χ0) is 17.2. The molecule has 1 unspecified atom stereocenters. The summed E-state index contributed by atoms with van der Waals surface area (Å²) in [6.45, 7) is 0.994. The van der Waals surface area contributed by atoms with Crippen molar-refractivity contribution in [3.05, 3.63) is 28.3 Å². The van der Waals surface area contributed by atoms with E-state index in [1.165, 1.54) is 12.1 Å². The average molecular weight is 341 g/mol. The number of amides is 1. The van der Waals surface area contributed by atoms with E-state index in [0.717, 1.165) is 25.2 Å². The third-order valence-corrected chi connectivity index (χ3v) is 5.06. The summed E-state index contributed by atoms with van der Waals surface area (Å²) in [5.74, 6) is -0.311. The quantitative estimate of drug-likeness (QED) is 0.645. The lowest BCUT2D eigenvalue weighted by atomic mass is 9.96. The maximum Gasteiger partial charge on any atom is 0.270 e. The zero-order valence-corrected chi connectivity index (χ0v) is 13.8. The van der Waals surface area contributed by atoms with Gasteiger partial charge in [0.15, 0.2) is 9.84 Å². The van der Waals surface area contributed by atoms with E-state index in [4.69, 9.17) is 0 Å². The molecule has 1 aromatic carbocycles. The summed E-state index contributed by atoms with van der Waals surface area (Å²) in [6, 6.07) is 3.81. The van der Waals surface area contributed by atoms with E-state index in [9.17, 15) is 23.3 Å². The number of carbonyl (C=O) groups excluding carboxylic acids is 1. The van der Waals surface area contributed by atoms with Gasteiger partial charge in [0.25, 0.3) is 5.69 Å². The first-order chi connectivity index (χ1) is 10.7. The van der Waals surface area contributed by atoms with E-state index in [2.05, 4.69) is 5.32 Å². The second-order valence-corrected chi connectivity index (χ2v) is 7.56. The number of sulfone groups is 1. The van der Waals surface area contributed by atoms with Crippen LogP contribution in [-0.4, -0.2) is 45.6 Å². The summed E-state index contributed by atoms with van der Waals surface area (Å²) in [4.78, 5) is 23.8. The van der Waals surface area contributed by atoms with E-state index in [1.807, 2.05) is 4.90 Å². The summed E-state index contributed by atoms with van der Waals surface area (Å²) >= 11 is 0. The molecule has 1 aromatic rings. The normalized spacial score (nSPS) is 18.5. The molecule has 0 aromatic heterocycles. The third-order valence-electron chi connectivity index (χ3n) is 3.93. The third kappa shape index (κ3) is 3.79. The van der Waals surface area contributed by atoms with E-state index >= 15 is 0 Å². The SMILES string of the molecule is CNC(=O)C1CCCN(c2ccc([N+](=O)[O-])cc2S(C)(=O)=O)C1. The Morgan fingerprint density at radius 3 is 2.70 bits per heavy atom. The summed E-state index contributed by atoms with van der Waals surface area (Å²) < 4.78 is 24.0. The van der Waals surface area contributed by atoms with Gasteiger partial charge in [-0.05, 0) is 18.9 Å². The smallest absolute Gasteiger partial charge is 0.270 e. The van der Waals surface area contributed by atoms with Gasteiger partial charge in [0.1, 0.15) is 0 Å². The summed E-state index contributed by atoms with van der Waals surface area (Å²) in [5.41, 5.74) is 0.140. The minimum absolute atomic E-state index is 0.0794. The first kappa shape index (κ1) is 17.2. The van der Waals surface area contributed by atoms with Crippen molar-refractivity contribution in [3.63, 3.8) is 0 Å². The molecule has 0 aliphatic carbocycles. The molecule has 0 spiro atoms. The number of nitrogens with one attached hydrogen (secondary N) is 1. The maximum atomic E-state index is 12.0. The van der Waals surface area contributed by atoms with Gasteiger partial charge in [0.05, 0.1) is 21.4 Å². The predicted molar refractivity (Wildman–Crippen MR) is 85.2 cm³/mol. The van der Waals surface area contributed by atoms with Gasteiger partial charge in [-0.3, -0.25) is 14.9 Å². The molecule has 8 nitrogen and oxygen atoms in total. The van der Waals surface area contributed by atoms with Crippen LogP contribution >= 0.6 is 0 Å². The van der Waals surface area contributed by atoms with Crippen molar-refractivity contribution < 1.29 is 18.1 Å². The Kier molecular flexibility index (Phi) is 4.88. The Bertz CT molecular complexity index is 732. The number of carbonyl (C=O) groups is 1. The molecule has 1 heterocycles. The zero-order valence-electron chi connectivity index (χ0n) is 13.0. The van der Waals surface area contributed by atoms with Gasteiger partial charge in [-0.2, -0.15) is 0 Å². The van der Waals surface area contributed by atoms with Crippen LogP contribution in [0.1, 0.15) is 12.8 Å². The molecular formula is C14H19N3O5S. The van der Waals surface area contributed by atoms with Crippen LogP contribution < -0.4 is 10.2 Å². The molecule has 1 amide bonds. The first-order valence-corrected chi connectivity index (χ1v) is 9.08. The summed E-state index contributed by atoms with van der Waals surface area (Å²) in [6.07, 6.45) is 2.51. The number of anilines is 1. The maximum absolute atomic E-state index is 12.0. The Morgan fingerprint density at radius 2 is 2.13 bits per heavy atom. The fourth-order valence-corrected chi connectivity index (χ4v) is 3.70. The van der Waals surface area contributed by atoms with Crippen molar-refractivity contribution in [2.45, 2.75) is 17.7 Å². The van der Waals surface area contributed by atoms with Gasteiger partial charge in [-0.25, -0.2) is 8.42 Å².